The Kier molecular flexibility index (Phi) is 6.33. The highest BCUT2D eigenvalue weighted by Gasteiger charge is 2.12. The molecule has 5 rings (SSSR count). The Balaban J connectivity index is 1.43. The van der Waals surface area contributed by atoms with E-state index < -0.39 is 0 Å². The van der Waals surface area contributed by atoms with E-state index in [9.17, 15) is 0 Å². The predicted octanol–water partition coefficient (Wildman–Crippen LogP) is 9.86. The van der Waals surface area contributed by atoms with Crippen LogP contribution in [0.2, 0.25) is 0 Å². The van der Waals surface area contributed by atoms with Gasteiger partial charge in [0, 0.05) is 21.5 Å². The standard InChI is InChI=1S/C32H26BrN/c1-23-3-15-30(16-4-23)34(31-17-5-24(2)6-18-31)32-19-10-25(11-20-32)7-8-26-9-12-28-22-29(33)14-13-27(28)21-26/h3-22H,1-2H3/b8-7+. The zero-order valence-corrected chi connectivity index (χ0v) is 21.0. The third-order valence-electron chi connectivity index (χ3n) is 6.03. The molecule has 1 nitrogen and oxygen atoms in total. The fraction of sp³-hybridized carbons (Fsp3) is 0.0625. The zero-order valence-electron chi connectivity index (χ0n) is 19.4. The molecule has 0 radical (unpaired) electrons. The van der Waals surface area contributed by atoms with Crippen molar-refractivity contribution in [3.63, 3.8) is 0 Å². The monoisotopic (exact) mass is 503 g/mol. The van der Waals surface area contributed by atoms with Gasteiger partial charge in [-0.25, -0.2) is 0 Å². The van der Waals surface area contributed by atoms with Crippen LogP contribution in [0.1, 0.15) is 22.3 Å². The largest absolute Gasteiger partial charge is 0.311 e. The highest BCUT2D eigenvalue weighted by molar-refractivity contribution is 9.10. The first-order valence-corrected chi connectivity index (χ1v) is 12.3. The number of rotatable bonds is 5. The molecule has 0 fully saturated rings. The minimum Gasteiger partial charge on any atom is -0.311 e. The summed E-state index contributed by atoms with van der Waals surface area (Å²) in [6.07, 6.45) is 4.35. The summed E-state index contributed by atoms with van der Waals surface area (Å²) in [4.78, 5) is 2.30. The summed E-state index contributed by atoms with van der Waals surface area (Å²) in [6.45, 7) is 4.24. The predicted molar refractivity (Wildman–Crippen MR) is 151 cm³/mol. The van der Waals surface area contributed by atoms with Crippen LogP contribution < -0.4 is 4.90 Å². The van der Waals surface area contributed by atoms with Gasteiger partial charge >= 0.3 is 0 Å². The molecule has 0 aliphatic rings. The van der Waals surface area contributed by atoms with E-state index in [-0.39, 0.29) is 0 Å². The number of nitrogens with zero attached hydrogens (tertiary/aromatic N) is 1. The zero-order chi connectivity index (χ0) is 23.5. The van der Waals surface area contributed by atoms with Gasteiger partial charge in [0.15, 0.2) is 0 Å². The molecule has 0 N–H and O–H groups in total. The Morgan fingerprint density at radius 2 is 0.941 bits per heavy atom. The van der Waals surface area contributed by atoms with Gasteiger partial charge in [-0.05, 0) is 90.3 Å². The van der Waals surface area contributed by atoms with Crippen molar-refractivity contribution in [2.75, 3.05) is 4.90 Å². The molecular formula is C32H26BrN. The van der Waals surface area contributed by atoms with Crippen molar-refractivity contribution in [2.24, 2.45) is 0 Å². The van der Waals surface area contributed by atoms with Crippen molar-refractivity contribution in [1.82, 2.24) is 0 Å². The van der Waals surface area contributed by atoms with Crippen LogP contribution in [0.5, 0.6) is 0 Å². The summed E-state index contributed by atoms with van der Waals surface area (Å²) in [5.41, 5.74) is 8.33. The van der Waals surface area contributed by atoms with Crippen molar-refractivity contribution in [3.8, 4) is 0 Å². The SMILES string of the molecule is Cc1ccc(N(c2ccc(C)cc2)c2ccc(/C=C/c3ccc4cc(Br)ccc4c3)cc2)cc1. The average Bonchev–Trinajstić information content (AvgIpc) is 2.86. The van der Waals surface area contributed by atoms with E-state index >= 15 is 0 Å². The van der Waals surface area contributed by atoms with Gasteiger partial charge in [-0.15, -0.1) is 0 Å². The summed E-state index contributed by atoms with van der Waals surface area (Å²) in [5.74, 6) is 0. The second-order valence-corrected chi connectivity index (χ2v) is 9.60. The van der Waals surface area contributed by atoms with E-state index in [0.717, 1.165) is 21.5 Å². The quantitative estimate of drug-likeness (QED) is 0.215. The van der Waals surface area contributed by atoms with Crippen LogP contribution in [0.4, 0.5) is 17.1 Å². The first-order valence-electron chi connectivity index (χ1n) is 11.5. The molecule has 0 aromatic heterocycles. The molecule has 0 atom stereocenters. The molecule has 34 heavy (non-hydrogen) atoms. The van der Waals surface area contributed by atoms with E-state index in [2.05, 4.69) is 156 Å². The van der Waals surface area contributed by atoms with Gasteiger partial charge in [0.05, 0.1) is 0 Å². The lowest BCUT2D eigenvalue weighted by Gasteiger charge is -2.25. The minimum atomic E-state index is 1.11. The van der Waals surface area contributed by atoms with E-state index in [1.807, 2.05) is 0 Å². The van der Waals surface area contributed by atoms with Crippen LogP contribution in [0, 0.1) is 13.8 Å². The number of halogens is 1. The van der Waals surface area contributed by atoms with E-state index in [1.54, 1.807) is 0 Å². The number of fused-ring (bicyclic) bond motifs is 1. The van der Waals surface area contributed by atoms with Crippen LogP contribution >= 0.6 is 15.9 Å². The Bertz CT molecular complexity index is 1400. The van der Waals surface area contributed by atoms with Crippen molar-refractivity contribution in [1.29, 1.82) is 0 Å². The molecule has 2 heteroatoms. The normalized spacial score (nSPS) is 11.3. The van der Waals surface area contributed by atoms with Gasteiger partial charge in [0.1, 0.15) is 0 Å². The maximum Gasteiger partial charge on any atom is 0.0462 e. The lowest BCUT2D eigenvalue weighted by Crippen LogP contribution is -2.09. The molecule has 0 unspecified atom stereocenters. The summed E-state index contributed by atoms with van der Waals surface area (Å²) in [6, 6.07) is 39.1. The lowest BCUT2D eigenvalue weighted by molar-refractivity contribution is 1.27. The van der Waals surface area contributed by atoms with Gasteiger partial charge in [0.25, 0.3) is 0 Å². The fourth-order valence-electron chi connectivity index (χ4n) is 4.10. The van der Waals surface area contributed by atoms with Gasteiger partial charge < -0.3 is 4.90 Å². The molecule has 166 valence electrons. The topological polar surface area (TPSA) is 3.24 Å². The summed E-state index contributed by atoms with van der Waals surface area (Å²) < 4.78 is 1.11. The first-order chi connectivity index (χ1) is 16.5. The number of hydrogen-bond acceptors (Lipinski definition) is 1. The van der Waals surface area contributed by atoms with Gasteiger partial charge in [-0.1, -0.05) is 93.8 Å². The highest BCUT2D eigenvalue weighted by Crippen LogP contribution is 2.35. The van der Waals surface area contributed by atoms with Gasteiger partial charge in [-0.3, -0.25) is 0 Å². The average molecular weight is 504 g/mol. The van der Waals surface area contributed by atoms with Crippen LogP contribution in [-0.4, -0.2) is 0 Å². The van der Waals surface area contributed by atoms with Crippen LogP contribution in [-0.2, 0) is 0 Å². The molecule has 0 amide bonds. The lowest BCUT2D eigenvalue weighted by atomic mass is 10.1. The van der Waals surface area contributed by atoms with Crippen LogP contribution in [0.15, 0.2) is 114 Å². The number of benzene rings is 5. The molecule has 0 spiro atoms. The smallest absolute Gasteiger partial charge is 0.0462 e. The molecule has 0 aliphatic carbocycles. The maximum atomic E-state index is 3.55. The second kappa shape index (κ2) is 9.70. The van der Waals surface area contributed by atoms with Crippen molar-refractivity contribution < 1.29 is 0 Å². The molecule has 0 heterocycles. The van der Waals surface area contributed by atoms with E-state index in [4.69, 9.17) is 0 Å². The number of aryl methyl sites for hydroxylation is 2. The van der Waals surface area contributed by atoms with Gasteiger partial charge in [0.2, 0.25) is 0 Å². The molecule has 5 aromatic carbocycles. The third kappa shape index (κ3) is 4.98. The maximum absolute atomic E-state index is 3.55. The fourth-order valence-corrected chi connectivity index (χ4v) is 4.48. The third-order valence-corrected chi connectivity index (χ3v) is 6.52. The molecule has 5 aromatic rings. The van der Waals surface area contributed by atoms with Crippen LogP contribution in [0.3, 0.4) is 0 Å². The molecule has 0 saturated heterocycles. The second-order valence-electron chi connectivity index (χ2n) is 8.68. The van der Waals surface area contributed by atoms with Crippen LogP contribution in [0.25, 0.3) is 22.9 Å². The van der Waals surface area contributed by atoms with E-state index in [0.29, 0.717) is 0 Å². The van der Waals surface area contributed by atoms with Crippen molar-refractivity contribution in [2.45, 2.75) is 13.8 Å². The Morgan fingerprint density at radius 1 is 0.500 bits per heavy atom. The summed E-state index contributed by atoms with van der Waals surface area (Å²) in [7, 11) is 0. The first kappa shape index (κ1) is 22.2. The Labute approximate surface area is 210 Å². The Morgan fingerprint density at radius 3 is 1.53 bits per heavy atom. The number of anilines is 3. The van der Waals surface area contributed by atoms with Gasteiger partial charge in [-0.2, -0.15) is 0 Å². The molecular weight excluding hydrogens is 478 g/mol. The summed E-state index contributed by atoms with van der Waals surface area (Å²) in [5, 5.41) is 2.48. The van der Waals surface area contributed by atoms with Crippen molar-refractivity contribution >= 4 is 55.9 Å². The van der Waals surface area contributed by atoms with E-state index in [1.165, 1.54) is 33.0 Å². The minimum absolute atomic E-state index is 1.11. The Hall–Kier alpha value is -3.62. The molecule has 0 bridgehead atoms. The highest BCUT2D eigenvalue weighted by atomic mass is 79.9. The number of hydrogen-bond donors (Lipinski definition) is 0. The van der Waals surface area contributed by atoms with Crippen molar-refractivity contribution in [3.05, 3.63) is 136 Å². The molecule has 0 aliphatic heterocycles. The molecule has 0 saturated carbocycles. The summed E-state index contributed by atoms with van der Waals surface area (Å²) >= 11 is 3.55.